The minimum Gasteiger partial charge on any atom is -0.294 e. The van der Waals surface area contributed by atoms with Gasteiger partial charge in [-0.05, 0) is 17.7 Å². The summed E-state index contributed by atoms with van der Waals surface area (Å²) in [5.74, 6) is 6.36. The number of rotatable bonds is 0. The summed E-state index contributed by atoms with van der Waals surface area (Å²) < 4.78 is 0. The number of fused-ring (bicyclic) bond motifs is 2. The molecule has 0 saturated carbocycles. The van der Waals surface area contributed by atoms with Crippen molar-refractivity contribution in [2.24, 2.45) is 0 Å². The van der Waals surface area contributed by atoms with Gasteiger partial charge in [-0.3, -0.25) is 4.79 Å². The minimum atomic E-state index is 0. The predicted molar refractivity (Wildman–Crippen MR) is 73.6 cm³/mol. The highest BCUT2D eigenvalue weighted by Crippen LogP contribution is 2.17. The topological polar surface area (TPSA) is 17.1 Å². The molecule has 0 atom stereocenters. The summed E-state index contributed by atoms with van der Waals surface area (Å²) in [7, 11) is 0. The van der Waals surface area contributed by atoms with Crippen LogP contribution in [0, 0.1) is 11.8 Å². The van der Waals surface area contributed by atoms with Crippen molar-refractivity contribution in [2.75, 3.05) is 0 Å². The van der Waals surface area contributed by atoms with E-state index in [1.165, 1.54) is 0 Å². The molecule has 0 radical (unpaired) electrons. The second kappa shape index (κ2) is 4.89. The van der Waals surface area contributed by atoms with Gasteiger partial charge in [-0.2, -0.15) is 0 Å². The molecule has 18 heavy (non-hydrogen) atoms. The van der Waals surface area contributed by atoms with Crippen molar-refractivity contribution in [3.05, 3.63) is 70.8 Å². The van der Waals surface area contributed by atoms with Crippen LogP contribution in [0.5, 0.6) is 0 Å². The third-order valence-electron chi connectivity index (χ3n) is 2.93. The number of benzene rings is 2. The van der Waals surface area contributed by atoms with E-state index >= 15 is 0 Å². The van der Waals surface area contributed by atoms with Gasteiger partial charge in [-0.25, -0.2) is 0 Å². The molecule has 0 fully saturated rings. The first-order valence-electron chi connectivity index (χ1n) is 5.57. The van der Waals surface area contributed by atoms with Gasteiger partial charge in [0.25, 0.3) is 0 Å². The minimum absolute atomic E-state index is 0. The van der Waals surface area contributed by atoms with Crippen LogP contribution in [0.15, 0.2) is 48.5 Å². The largest absolute Gasteiger partial charge is 0.294 e. The predicted octanol–water partition coefficient (Wildman–Crippen LogP) is 3.46. The summed E-state index contributed by atoms with van der Waals surface area (Å²) in [6.45, 7) is 0. The molecule has 1 aliphatic rings. The Labute approximate surface area is 107 Å². The second-order valence-electron chi connectivity index (χ2n) is 4.05. The van der Waals surface area contributed by atoms with E-state index in [4.69, 9.17) is 0 Å². The van der Waals surface area contributed by atoms with Crippen molar-refractivity contribution in [1.82, 2.24) is 0 Å². The van der Waals surface area contributed by atoms with Gasteiger partial charge < -0.3 is 0 Å². The normalized spacial score (nSPS) is 11.9. The summed E-state index contributed by atoms with van der Waals surface area (Å²) in [6, 6.07) is 15.4. The Morgan fingerprint density at radius 3 is 2.28 bits per heavy atom. The van der Waals surface area contributed by atoms with Crippen LogP contribution in [0.3, 0.4) is 0 Å². The van der Waals surface area contributed by atoms with Gasteiger partial charge in [0, 0.05) is 23.1 Å². The lowest BCUT2D eigenvalue weighted by Crippen LogP contribution is -2.08. The van der Waals surface area contributed by atoms with E-state index < -0.39 is 0 Å². The Morgan fingerprint density at radius 1 is 0.833 bits per heavy atom. The summed E-state index contributed by atoms with van der Waals surface area (Å²) in [5.41, 5.74) is 3.52. The molecule has 0 aromatic heterocycles. The Balaban J connectivity index is 0.00000120. The fourth-order valence-corrected chi connectivity index (χ4v) is 2.03. The zero-order valence-corrected chi connectivity index (χ0v) is 9.23. The van der Waals surface area contributed by atoms with E-state index in [1.54, 1.807) is 0 Å². The standard InChI is InChI=1S/C16H10O.CH4/c17-16-11-14-7-2-1-5-12(14)9-10-13-6-3-4-8-15(13)16;/h1-8H,11H2;1H4. The molecule has 0 heterocycles. The van der Waals surface area contributed by atoms with Crippen LogP contribution in [0.1, 0.15) is 34.5 Å². The maximum Gasteiger partial charge on any atom is 0.168 e. The second-order valence-corrected chi connectivity index (χ2v) is 4.05. The van der Waals surface area contributed by atoms with Gasteiger partial charge in [-0.1, -0.05) is 55.7 Å². The number of hydrogen-bond acceptors (Lipinski definition) is 1. The zero-order chi connectivity index (χ0) is 11.7. The maximum absolute atomic E-state index is 12.2. The van der Waals surface area contributed by atoms with E-state index in [0.29, 0.717) is 6.42 Å². The van der Waals surface area contributed by atoms with Crippen molar-refractivity contribution in [3.63, 3.8) is 0 Å². The molecule has 1 heteroatoms. The van der Waals surface area contributed by atoms with Crippen molar-refractivity contribution < 1.29 is 4.79 Å². The molecule has 2 aromatic rings. The molecular weight excluding hydrogens is 220 g/mol. The van der Waals surface area contributed by atoms with Crippen molar-refractivity contribution in [2.45, 2.75) is 13.8 Å². The SMILES string of the molecule is C.O=C1Cc2ccccc2C#Cc2ccccc21. The number of ketones is 1. The monoisotopic (exact) mass is 234 g/mol. The van der Waals surface area contributed by atoms with E-state index in [1.807, 2.05) is 48.5 Å². The fourth-order valence-electron chi connectivity index (χ4n) is 2.03. The molecule has 0 spiro atoms. The molecule has 0 amide bonds. The molecule has 0 aliphatic heterocycles. The summed E-state index contributed by atoms with van der Waals surface area (Å²) in [5, 5.41) is 0. The Morgan fingerprint density at radius 2 is 1.44 bits per heavy atom. The molecule has 1 nitrogen and oxygen atoms in total. The molecule has 1 aliphatic carbocycles. The van der Waals surface area contributed by atoms with Crippen molar-refractivity contribution >= 4 is 5.78 Å². The molecule has 0 saturated heterocycles. The number of Topliss-reactive ketones (excluding diaryl/α,β-unsaturated/α-hetero) is 1. The van der Waals surface area contributed by atoms with Crippen LogP contribution in [0.4, 0.5) is 0 Å². The number of carbonyl (C=O) groups excluding carboxylic acids is 1. The van der Waals surface area contributed by atoms with Crippen LogP contribution in [0.25, 0.3) is 0 Å². The fraction of sp³-hybridized carbons (Fsp3) is 0.118. The van der Waals surface area contributed by atoms with Crippen LogP contribution < -0.4 is 0 Å². The number of carbonyl (C=O) groups is 1. The Hall–Kier alpha value is -2.33. The van der Waals surface area contributed by atoms with Gasteiger partial charge in [0.1, 0.15) is 0 Å². The van der Waals surface area contributed by atoms with Crippen LogP contribution >= 0.6 is 0 Å². The van der Waals surface area contributed by atoms with Crippen molar-refractivity contribution in [1.29, 1.82) is 0 Å². The molecule has 88 valence electrons. The lowest BCUT2D eigenvalue weighted by molar-refractivity contribution is 0.0992. The average Bonchev–Trinajstić information content (AvgIpc) is 2.36. The first-order valence-corrected chi connectivity index (χ1v) is 5.57. The highest BCUT2D eigenvalue weighted by molar-refractivity contribution is 6.00. The first-order chi connectivity index (χ1) is 8.34. The van der Waals surface area contributed by atoms with E-state index in [-0.39, 0.29) is 13.2 Å². The highest BCUT2D eigenvalue weighted by Gasteiger charge is 2.14. The molecular formula is C17H14O. The van der Waals surface area contributed by atoms with E-state index in [2.05, 4.69) is 11.8 Å². The van der Waals surface area contributed by atoms with Crippen molar-refractivity contribution in [3.8, 4) is 11.8 Å². The van der Waals surface area contributed by atoms with Gasteiger partial charge in [0.15, 0.2) is 5.78 Å². The average molecular weight is 234 g/mol. The molecule has 0 N–H and O–H groups in total. The third kappa shape index (κ3) is 2.06. The van der Waals surface area contributed by atoms with Gasteiger partial charge in [0.2, 0.25) is 0 Å². The molecule has 2 aromatic carbocycles. The summed E-state index contributed by atoms with van der Waals surface area (Å²) >= 11 is 0. The third-order valence-corrected chi connectivity index (χ3v) is 2.93. The lowest BCUT2D eigenvalue weighted by Gasteiger charge is -2.08. The van der Waals surface area contributed by atoms with E-state index in [0.717, 1.165) is 22.3 Å². The van der Waals surface area contributed by atoms with Crippen LogP contribution in [-0.2, 0) is 6.42 Å². The van der Waals surface area contributed by atoms with Crippen LogP contribution in [-0.4, -0.2) is 5.78 Å². The summed E-state index contributed by atoms with van der Waals surface area (Å²) in [6.07, 6.45) is 0.432. The highest BCUT2D eigenvalue weighted by atomic mass is 16.1. The number of hydrogen-bond donors (Lipinski definition) is 0. The van der Waals surface area contributed by atoms with Gasteiger partial charge in [-0.15, -0.1) is 0 Å². The molecule has 0 bridgehead atoms. The van der Waals surface area contributed by atoms with Gasteiger partial charge >= 0.3 is 0 Å². The lowest BCUT2D eigenvalue weighted by atomic mass is 9.94. The molecule has 3 rings (SSSR count). The Bertz CT molecular complexity index is 657. The summed E-state index contributed by atoms with van der Waals surface area (Å²) in [4.78, 5) is 12.2. The smallest absolute Gasteiger partial charge is 0.168 e. The molecule has 0 unspecified atom stereocenters. The zero-order valence-electron chi connectivity index (χ0n) is 9.23. The van der Waals surface area contributed by atoms with E-state index in [9.17, 15) is 4.79 Å². The first kappa shape index (κ1) is 12.1. The quantitative estimate of drug-likeness (QED) is 0.638. The Kier molecular flexibility index (Phi) is 3.30. The van der Waals surface area contributed by atoms with Gasteiger partial charge in [0.05, 0.1) is 0 Å². The maximum atomic E-state index is 12.2. The van der Waals surface area contributed by atoms with Crippen LogP contribution in [0.2, 0.25) is 0 Å².